The molecular formula is C14H26N2O. The van der Waals surface area contributed by atoms with Gasteiger partial charge in [-0.05, 0) is 25.3 Å². The molecule has 3 heteroatoms. The molecule has 0 aromatic rings. The van der Waals surface area contributed by atoms with Crippen LogP contribution in [0.4, 0.5) is 0 Å². The maximum absolute atomic E-state index is 12.2. The molecule has 0 spiro atoms. The summed E-state index contributed by atoms with van der Waals surface area (Å²) >= 11 is 0. The lowest BCUT2D eigenvalue weighted by molar-refractivity contribution is -0.135. The molecule has 1 unspecified atom stereocenters. The van der Waals surface area contributed by atoms with Crippen LogP contribution in [0.5, 0.6) is 0 Å². The van der Waals surface area contributed by atoms with Gasteiger partial charge in [-0.25, -0.2) is 0 Å². The van der Waals surface area contributed by atoms with Crippen molar-refractivity contribution in [1.29, 1.82) is 0 Å². The molecule has 1 aliphatic carbocycles. The van der Waals surface area contributed by atoms with Gasteiger partial charge in [0, 0.05) is 25.6 Å². The average molecular weight is 238 g/mol. The highest BCUT2D eigenvalue weighted by molar-refractivity contribution is 5.76. The Morgan fingerprint density at radius 1 is 1.18 bits per heavy atom. The van der Waals surface area contributed by atoms with Gasteiger partial charge in [0.05, 0.1) is 0 Å². The summed E-state index contributed by atoms with van der Waals surface area (Å²) in [5.41, 5.74) is 0. The fourth-order valence-corrected chi connectivity index (χ4v) is 3.11. The summed E-state index contributed by atoms with van der Waals surface area (Å²) in [5.74, 6) is 0.957. The molecule has 17 heavy (non-hydrogen) atoms. The highest BCUT2D eigenvalue weighted by Gasteiger charge is 2.26. The molecular weight excluding hydrogens is 212 g/mol. The van der Waals surface area contributed by atoms with Crippen molar-refractivity contribution in [2.75, 3.05) is 19.6 Å². The number of rotatable bonds is 1. The van der Waals surface area contributed by atoms with Crippen molar-refractivity contribution in [3.63, 3.8) is 0 Å². The van der Waals surface area contributed by atoms with Gasteiger partial charge in [-0.3, -0.25) is 4.79 Å². The van der Waals surface area contributed by atoms with Gasteiger partial charge in [0.15, 0.2) is 0 Å². The lowest BCUT2D eigenvalue weighted by Gasteiger charge is -2.35. The van der Waals surface area contributed by atoms with E-state index in [-0.39, 0.29) is 0 Å². The molecule has 1 atom stereocenters. The monoisotopic (exact) mass is 238 g/mol. The van der Waals surface area contributed by atoms with Crippen molar-refractivity contribution in [3.05, 3.63) is 0 Å². The second-order valence-electron chi connectivity index (χ2n) is 5.75. The normalized spacial score (nSPS) is 29.6. The van der Waals surface area contributed by atoms with E-state index in [1.807, 2.05) is 0 Å². The van der Waals surface area contributed by atoms with Crippen LogP contribution in [-0.2, 0) is 4.79 Å². The van der Waals surface area contributed by atoms with Crippen LogP contribution < -0.4 is 5.32 Å². The Bertz CT molecular complexity index is 247. The molecule has 1 N–H and O–H groups in total. The molecule has 0 bridgehead atoms. The Kier molecular flexibility index (Phi) is 4.84. The van der Waals surface area contributed by atoms with E-state index in [4.69, 9.17) is 0 Å². The van der Waals surface area contributed by atoms with Gasteiger partial charge < -0.3 is 10.2 Å². The van der Waals surface area contributed by atoms with Gasteiger partial charge in [0.25, 0.3) is 0 Å². The second kappa shape index (κ2) is 6.39. The smallest absolute Gasteiger partial charge is 0.224 e. The largest absolute Gasteiger partial charge is 0.339 e. The van der Waals surface area contributed by atoms with Crippen LogP contribution in [0.1, 0.15) is 51.9 Å². The molecule has 1 saturated heterocycles. The van der Waals surface area contributed by atoms with E-state index in [0.717, 1.165) is 19.6 Å². The molecule has 1 heterocycles. The minimum absolute atomic E-state index is 0.371. The number of hydrogen-bond acceptors (Lipinski definition) is 2. The van der Waals surface area contributed by atoms with E-state index in [1.165, 1.54) is 38.5 Å². The third-order valence-electron chi connectivity index (χ3n) is 4.10. The minimum Gasteiger partial charge on any atom is -0.339 e. The highest BCUT2D eigenvalue weighted by Crippen LogP contribution is 2.23. The highest BCUT2D eigenvalue weighted by atomic mass is 16.2. The van der Waals surface area contributed by atoms with E-state index < -0.39 is 0 Å². The third kappa shape index (κ3) is 3.70. The zero-order valence-electron chi connectivity index (χ0n) is 11.1. The zero-order valence-corrected chi connectivity index (χ0v) is 11.1. The Morgan fingerprint density at radius 3 is 2.59 bits per heavy atom. The predicted octanol–water partition coefficient (Wildman–Crippen LogP) is 2.17. The lowest BCUT2D eigenvalue weighted by atomic mass is 10.0. The Labute approximate surface area is 105 Å². The number of carbonyl (C=O) groups excluding carboxylic acids is 1. The van der Waals surface area contributed by atoms with Crippen molar-refractivity contribution in [2.45, 2.75) is 57.9 Å². The maximum Gasteiger partial charge on any atom is 0.224 e. The first-order chi connectivity index (χ1) is 8.27. The molecule has 2 fully saturated rings. The molecule has 0 radical (unpaired) electrons. The maximum atomic E-state index is 12.2. The molecule has 1 saturated carbocycles. The summed E-state index contributed by atoms with van der Waals surface area (Å²) in [6.07, 6.45) is 8.47. The third-order valence-corrected chi connectivity index (χ3v) is 4.10. The molecule has 98 valence electrons. The Hall–Kier alpha value is -0.570. The number of hydrogen-bond donors (Lipinski definition) is 1. The van der Waals surface area contributed by atoms with Gasteiger partial charge in [-0.1, -0.05) is 32.6 Å². The summed E-state index contributed by atoms with van der Waals surface area (Å²) in [7, 11) is 0. The summed E-state index contributed by atoms with van der Waals surface area (Å²) in [6, 6.07) is 0.533. The van der Waals surface area contributed by atoms with Crippen molar-refractivity contribution >= 4 is 5.91 Å². The summed E-state index contributed by atoms with van der Waals surface area (Å²) in [4.78, 5) is 14.4. The lowest BCUT2D eigenvalue weighted by Crippen LogP contribution is -2.47. The van der Waals surface area contributed by atoms with E-state index in [9.17, 15) is 4.79 Å². The Morgan fingerprint density at radius 2 is 1.88 bits per heavy atom. The molecule has 0 aromatic heterocycles. The molecule has 0 aromatic carbocycles. The quantitative estimate of drug-likeness (QED) is 0.710. The second-order valence-corrected chi connectivity index (χ2v) is 5.75. The first-order valence-electron chi connectivity index (χ1n) is 7.27. The number of carbonyl (C=O) groups is 1. The van der Waals surface area contributed by atoms with Gasteiger partial charge in [-0.15, -0.1) is 0 Å². The first kappa shape index (κ1) is 12.9. The van der Waals surface area contributed by atoms with Crippen LogP contribution in [0.2, 0.25) is 0 Å². The molecule has 1 aliphatic heterocycles. The van der Waals surface area contributed by atoms with E-state index in [2.05, 4.69) is 17.1 Å². The van der Waals surface area contributed by atoms with Crippen LogP contribution in [0.15, 0.2) is 0 Å². The predicted molar refractivity (Wildman–Crippen MR) is 69.9 cm³/mol. The van der Waals surface area contributed by atoms with E-state index in [1.54, 1.807) is 0 Å². The number of amides is 1. The first-order valence-corrected chi connectivity index (χ1v) is 7.27. The molecule has 3 nitrogen and oxygen atoms in total. The SMILES string of the molecule is CC1CNCCC(=O)N(C2CCCCCC2)C1. The van der Waals surface area contributed by atoms with Crippen LogP contribution in [-0.4, -0.2) is 36.5 Å². The van der Waals surface area contributed by atoms with Crippen molar-refractivity contribution < 1.29 is 4.79 Å². The van der Waals surface area contributed by atoms with Crippen LogP contribution >= 0.6 is 0 Å². The summed E-state index contributed by atoms with van der Waals surface area (Å²) in [6.45, 7) is 5.11. The molecule has 1 amide bonds. The van der Waals surface area contributed by atoms with Crippen molar-refractivity contribution in [2.24, 2.45) is 5.92 Å². The Balaban J connectivity index is 2.00. The fourth-order valence-electron chi connectivity index (χ4n) is 3.11. The molecule has 2 rings (SSSR count). The standard InChI is InChI=1S/C14H26N2O/c1-12-10-15-9-8-14(17)16(11-12)13-6-4-2-3-5-7-13/h12-13,15H,2-11H2,1H3. The van der Waals surface area contributed by atoms with Crippen molar-refractivity contribution in [3.8, 4) is 0 Å². The van der Waals surface area contributed by atoms with Crippen LogP contribution in [0.3, 0.4) is 0 Å². The topological polar surface area (TPSA) is 32.3 Å². The van der Waals surface area contributed by atoms with E-state index in [0.29, 0.717) is 24.3 Å². The number of nitrogens with zero attached hydrogens (tertiary/aromatic N) is 1. The van der Waals surface area contributed by atoms with E-state index >= 15 is 0 Å². The van der Waals surface area contributed by atoms with Crippen LogP contribution in [0.25, 0.3) is 0 Å². The minimum atomic E-state index is 0.371. The van der Waals surface area contributed by atoms with Crippen molar-refractivity contribution in [1.82, 2.24) is 10.2 Å². The summed E-state index contributed by atoms with van der Waals surface area (Å²) < 4.78 is 0. The average Bonchev–Trinajstić information content (AvgIpc) is 2.58. The number of nitrogens with one attached hydrogen (secondary N) is 1. The molecule has 2 aliphatic rings. The van der Waals surface area contributed by atoms with Crippen LogP contribution in [0, 0.1) is 5.92 Å². The van der Waals surface area contributed by atoms with Gasteiger partial charge in [0.2, 0.25) is 5.91 Å². The fraction of sp³-hybridized carbons (Fsp3) is 0.929. The zero-order chi connectivity index (χ0) is 12.1. The van der Waals surface area contributed by atoms with Gasteiger partial charge >= 0.3 is 0 Å². The van der Waals surface area contributed by atoms with Gasteiger partial charge in [-0.2, -0.15) is 0 Å². The summed E-state index contributed by atoms with van der Waals surface area (Å²) in [5, 5.41) is 3.36. The van der Waals surface area contributed by atoms with Gasteiger partial charge in [0.1, 0.15) is 0 Å².